The van der Waals surface area contributed by atoms with Crippen molar-refractivity contribution in [2.24, 2.45) is 5.92 Å². The van der Waals surface area contributed by atoms with Crippen molar-refractivity contribution in [2.75, 3.05) is 12.3 Å². The van der Waals surface area contributed by atoms with Crippen LogP contribution in [-0.4, -0.2) is 33.0 Å². The fourth-order valence-corrected chi connectivity index (χ4v) is 3.07. The van der Waals surface area contributed by atoms with Gasteiger partial charge in [-0.25, -0.2) is 9.67 Å². The SMILES string of the molecule is CC(C)CCNC(=O)CSc1nc(C2CC2)n(-c2ccccc2)n1. The van der Waals surface area contributed by atoms with E-state index in [0.29, 0.717) is 22.7 Å². The molecule has 6 heteroatoms. The molecule has 1 aliphatic rings. The van der Waals surface area contributed by atoms with Gasteiger partial charge in [0.15, 0.2) is 0 Å². The first-order valence-corrected chi connectivity index (χ1v) is 9.54. The van der Waals surface area contributed by atoms with Crippen LogP contribution in [0.25, 0.3) is 5.69 Å². The summed E-state index contributed by atoms with van der Waals surface area (Å²) in [6.45, 7) is 5.04. The van der Waals surface area contributed by atoms with Gasteiger partial charge in [-0.3, -0.25) is 4.79 Å². The highest BCUT2D eigenvalue weighted by Gasteiger charge is 2.30. The van der Waals surface area contributed by atoms with Crippen LogP contribution in [0.5, 0.6) is 0 Å². The van der Waals surface area contributed by atoms with Crippen molar-refractivity contribution in [2.45, 2.75) is 44.2 Å². The van der Waals surface area contributed by atoms with Crippen LogP contribution in [-0.2, 0) is 4.79 Å². The van der Waals surface area contributed by atoms with Gasteiger partial charge < -0.3 is 5.32 Å². The van der Waals surface area contributed by atoms with Gasteiger partial charge in [0, 0.05) is 12.5 Å². The second-order valence-electron chi connectivity index (χ2n) is 6.60. The molecule has 1 N–H and O–H groups in total. The average molecular weight is 344 g/mol. The molecule has 0 saturated heterocycles. The van der Waals surface area contributed by atoms with Crippen LogP contribution < -0.4 is 5.32 Å². The summed E-state index contributed by atoms with van der Waals surface area (Å²) < 4.78 is 1.93. The lowest BCUT2D eigenvalue weighted by atomic mass is 10.1. The molecule has 2 aromatic rings. The number of rotatable bonds is 8. The molecule has 0 bridgehead atoms. The van der Waals surface area contributed by atoms with Crippen molar-refractivity contribution in [1.29, 1.82) is 0 Å². The van der Waals surface area contributed by atoms with Gasteiger partial charge in [-0.2, -0.15) is 0 Å². The van der Waals surface area contributed by atoms with Crippen molar-refractivity contribution < 1.29 is 4.79 Å². The third-order valence-electron chi connectivity index (χ3n) is 3.93. The number of carbonyl (C=O) groups excluding carboxylic acids is 1. The van der Waals surface area contributed by atoms with Gasteiger partial charge in [0.25, 0.3) is 0 Å². The molecule has 0 spiro atoms. The van der Waals surface area contributed by atoms with E-state index in [-0.39, 0.29) is 5.91 Å². The molecule has 0 unspecified atom stereocenters. The summed E-state index contributed by atoms with van der Waals surface area (Å²) in [5.41, 5.74) is 1.03. The van der Waals surface area contributed by atoms with E-state index in [1.54, 1.807) is 0 Å². The first-order valence-electron chi connectivity index (χ1n) is 8.55. The molecule has 0 radical (unpaired) electrons. The maximum Gasteiger partial charge on any atom is 0.230 e. The number of hydrogen-bond donors (Lipinski definition) is 1. The van der Waals surface area contributed by atoms with Gasteiger partial charge in [-0.1, -0.05) is 43.8 Å². The number of para-hydroxylation sites is 1. The third kappa shape index (κ3) is 4.60. The number of hydrogen-bond acceptors (Lipinski definition) is 4. The molecular weight excluding hydrogens is 320 g/mol. The molecule has 128 valence electrons. The Balaban J connectivity index is 1.61. The summed E-state index contributed by atoms with van der Waals surface area (Å²) in [5, 5.41) is 8.24. The molecular formula is C18H24N4OS. The number of thioether (sulfide) groups is 1. The largest absolute Gasteiger partial charge is 0.355 e. The van der Waals surface area contributed by atoms with Crippen LogP contribution in [0.2, 0.25) is 0 Å². The van der Waals surface area contributed by atoms with E-state index in [0.717, 1.165) is 24.5 Å². The Morgan fingerprint density at radius 2 is 2.08 bits per heavy atom. The predicted molar refractivity (Wildman–Crippen MR) is 96.5 cm³/mol. The Kier molecular flexibility index (Phi) is 5.56. The molecule has 0 aliphatic heterocycles. The molecule has 5 nitrogen and oxygen atoms in total. The second kappa shape index (κ2) is 7.83. The quantitative estimate of drug-likeness (QED) is 0.746. The molecule has 0 atom stereocenters. The first-order chi connectivity index (χ1) is 11.6. The van der Waals surface area contributed by atoms with Crippen molar-refractivity contribution in [3.8, 4) is 5.69 Å². The Morgan fingerprint density at radius 1 is 1.33 bits per heavy atom. The normalized spacial score (nSPS) is 14.1. The lowest BCUT2D eigenvalue weighted by Crippen LogP contribution is -2.26. The lowest BCUT2D eigenvalue weighted by molar-refractivity contribution is -0.118. The minimum absolute atomic E-state index is 0.0460. The maximum atomic E-state index is 11.9. The number of carbonyl (C=O) groups is 1. The van der Waals surface area contributed by atoms with Gasteiger partial charge in [0.05, 0.1) is 11.4 Å². The zero-order valence-electron chi connectivity index (χ0n) is 14.2. The van der Waals surface area contributed by atoms with Gasteiger partial charge in [0.1, 0.15) is 5.82 Å². The number of nitrogens with zero attached hydrogens (tertiary/aromatic N) is 3. The molecule has 1 saturated carbocycles. The van der Waals surface area contributed by atoms with Crippen LogP contribution in [0.15, 0.2) is 35.5 Å². The summed E-state index contributed by atoms with van der Waals surface area (Å²) in [7, 11) is 0. The first kappa shape index (κ1) is 17.0. The number of benzene rings is 1. The van der Waals surface area contributed by atoms with Crippen LogP contribution in [0.4, 0.5) is 0 Å². The number of amides is 1. The van der Waals surface area contributed by atoms with E-state index in [4.69, 9.17) is 0 Å². The fraction of sp³-hybridized carbons (Fsp3) is 0.500. The van der Waals surface area contributed by atoms with Crippen molar-refractivity contribution >= 4 is 17.7 Å². The van der Waals surface area contributed by atoms with Crippen molar-refractivity contribution in [3.05, 3.63) is 36.2 Å². The highest BCUT2D eigenvalue weighted by molar-refractivity contribution is 7.99. The minimum Gasteiger partial charge on any atom is -0.355 e. The standard InChI is InChI=1S/C18H24N4OS/c1-13(2)10-11-19-16(23)12-24-18-20-17(14-8-9-14)22(21-18)15-6-4-3-5-7-15/h3-7,13-14H,8-12H2,1-2H3,(H,19,23). The van der Waals surface area contributed by atoms with Crippen molar-refractivity contribution in [3.63, 3.8) is 0 Å². The number of aromatic nitrogens is 3. The van der Waals surface area contributed by atoms with E-state index in [2.05, 4.69) is 29.2 Å². The molecule has 1 aromatic carbocycles. The van der Waals surface area contributed by atoms with E-state index in [1.807, 2.05) is 35.0 Å². The highest BCUT2D eigenvalue weighted by Crippen LogP contribution is 2.40. The highest BCUT2D eigenvalue weighted by atomic mass is 32.2. The predicted octanol–water partition coefficient (Wildman–Crippen LogP) is 3.40. The Bertz CT molecular complexity index is 680. The van der Waals surface area contributed by atoms with E-state index >= 15 is 0 Å². The summed E-state index contributed by atoms with van der Waals surface area (Å²) in [6.07, 6.45) is 3.35. The topological polar surface area (TPSA) is 59.8 Å². The molecule has 24 heavy (non-hydrogen) atoms. The van der Waals surface area contributed by atoms with Crippen LogP contribution in [0, 0.1) is 5.92 Å². The summed E-state index contributed by atoms with van der Waals surface area (Å²) in [4.78, 5) is 16.6. The lowest BCUT2D eigenvalue weighted by Gasteiger charge is -2.06. The average Bonchev–Trinajstić information content (AvgIpc) is 3.33. The maximum absolute atomic E-state index is 11.9. The number of nitrogens with one attached hydrogen (secondary N) is 1. The fourth-order valence-electron chi connectivity index (χ4n) is 2.41. The van der Waals surface area contributed by atoms with Crippen LogP contribution in [0.3, 0.4) is 0 Å². The van der Waals surface area contributed by atoms with E-state index in [1.165, 1.54) is 24.6 Å². The summed E-state index contributed by atoms with van der Waals surface area (Å²) in [5.74, 6) is 2.53. The Hall–Kier alpha value is -1.82. The van der Waals surface area contributed by atoms with E-state index < -0.39 is 0 Å². The molecule has 1 heterocycles. The van der Waals surface area contributed by atoms with Gasteiger partial charge >= 0.3 is 0 Å². The zero-order chi connectivity index (χ0) is 16.9. The summed E-state index contributed by atoms with van der Waals surface area (Å²) in [6, 6.07) is 10.1. The third-order valence-corrected chi connectivity index (χ3v) is 4.77. The molecule has 1 fully saturated rings. The van der Waals surface area contributed by atoms with Gasteiger partial charge in [0.2, 0.25) is 11.1 Å². The molecule has 1 aliphatic carbocycles. The minimum atomic E-state index is 0.0460. The van der Waals surface area contributed by atoms with Crippen LogP contribution in [0.1, 0.15) is 44.9 Å². The molecule has 1 aromatic heterocycles. The van der Waals surface area contributed by atoms with Gasteiger partial charge in [-0.05, 0) is 37.3 Å². The molecule has 3 rings (SSSR count). The van der Waals surface area contributed by atoms with E-state index in [9.17, 15) is 4.79 Å². The Morgan fingerprint density at radius 3 is 2.75 bits per heavy atom. The molecule has 1 amide bonds. The smallest absolute Gasteiger partial charge is 0.230 e. The van der Waals surface area contributed by atoms with Crippen LogP contribution >= 0.6 is 11.8 Å². The van der Waals surface area contributed by atoms with Gasteiger partial charge in [-0.15, -0.1) is 5.10 Å². The monoisotopic (exact) mass is 344 g/mol. The van der Waals surface area contributed by atoms with Crippen molar-refractivity contribution in [1.82, 2.24) is 20.1 Å². The summed E-state index contributed by atoms with van der Waals surface area (Å²) >= 11 is 1.41. The Labute approximate surface area is 147 Å². The second-order valence-corrected chi connectivity index (χ2v) is 7.54. The zero-order valence-corrected chi connectivity index (χ0v) is 15.1.